The zero-order valence-electron chi connectivity index (χ0n) is 11.7. The molecule has 2 N–H and O–H groups in total. The fourth-order valence-corrected chi connectivity index (χ4v) is 1.91. The van der Waals surface area contributed by atoms with Crippen molar-refractivity contribution < 1.29 is 9.90 Å². The van der Waals surface area contributed by atoms with Crippen LogP contribution in [0.15, 0.2) is 18.2 Å². The lowest BCUT2D eigenvalue weighted by atomic mass is 9.93. The van der Waals surface area contributed by atoms with Gasteiger partial charge in [-0.3, -0.25) is 4.79 Å². The van der Waals surface area contributed by atoms with Gasteiger partial charge in [-0.1, -0.05) is 19.1 Å². The third-order valence-corrected chi connectivity index (χ3v) is 3.71. The molecule has 0 spiro atoms. The maximum absolute atomic E-state index is 12.3. The molecule has 0 heterocycles. The molecule has 0 aromatic heterocycles. The number of hydrogen-bond acceptors (Lipinski definition) is 2. The Morgan fingerprint density at radius 1 is 1.39 bits per heavy atom. The molecule has 0 unspecified atom stereocenters. The SMILES string of the molecule is CC[C@@](C)(CCO)NC(=O)c1cccc(C)c1C. The molecule has 1 aromatic rings. The van der Waals surface area contributed by atoms with Crippen LogP contribution in [-0.4, -0.2) is 23.2 Å². The molecule has 1 aromatic carbocycles. The Bertz CT molecular complexity index is 429. The Labute approximate surface area is 109 Å². The van der Waals surface area contributed by atoms with E-state index >= 15 is 0 Å². The van der Waals surface area contributed by atoms with Crippen molar-refractivity contribution in [1.82, 2.24) is 5.32 Å². The van der Waals surface area contributed by atoms with Crippen molar-refractivity contribution in [3.8, 4) is 0 Å². The van der Waals surface area contributed by atoms with E-state index in [1.807, 2.05) is 45.9 Å². The fourth-order valence-electron chi connectivity index (χ4n) is 1.91. The second-order valence-electron chi connectivity index (χ2n) is 5.09. The Morgan fingerprint density at radius 2 is 2.06 bits per heavy atom. The van der Waals surface area contributed by atoms with Gasteiger partial charge in [-0.05, 0) is 50.8 Å². The number of carbonyl (C=O) groups excluding carboxylic acids is 1. The van der Waals surface area contributed by atoms with E-state index in [1.54, 1.807) is 0 Å². The molecule has 0 bridgehead atoms. The minimum atomic E-state index is -0.345. The standard InChI is InChI=1S/C15H23NO2/c1-5-15(4,9-10-17)16-14(18)13-8-6-7-11(2)12(13)3/h6-8,17H,5,9-10H2,1-4H3,(H,16,18)/t15-/m0/s1. The molecule has 0 saturated heterocycles. The van der Waals surface area contributed by atoms with Crippen LogP contribution in [0.4, 0.5) is 0 Å². The Hall–Kier alpha value is -1.35. The second kappa shape index (κ2) is 6.01. The number of hydrogen-bond donors (Lipinski definition) is 2. The average Bonchev–Trinajstić information content (AvgIpc) is 2.32. The van der Waals surface area contributed by atoms with Gasteiger partial charge in [0, 0.05) is 17.7 Å². The summed E-state index contributed by atoms with van der Waals surface area (Å²) >= 11 is 0. The monoisotopic (exact) mass is 249 g/mol. The number of aliphatic hydroxyl groups excluding tert-OH is 1. The molecule has 0 aliphatic carbocycles. The molecular formula is C15H23NO2. The van der Waals surface area contributed by atoms with E-state index in [0.717, 1.165) is 17.5 Å². The quantitative estimate of drug-likeness (QED) is 0.842. The van der Waals surface area contributed by atoms with Gasteiger partial charge in [0.2, 0.25) is 0 Å². The Kier molecular flexibility index (Phi) is 4.91. The van der Waals surface area contributed by atoms with Crippen LogP contribution in [0.2, 0.25) is 0 Å². The van der Waals surface area contributed by atoms with Gasteiger partial charge in [-0.2, -0.15) is 0 Å². The molecule has 1 atom stereocenters. The lowest BCUT2D eigenvalue weighted by molar-refractivity contribution is 0.0885. The van der Waals surface area contributed by atoms with Crippen LogP contribution in [0.25, 0.3) is 0 Å². The summed E-state index contributed by atoms with van der Waals surface area (Å²) in [7, 11) is 0. The van der Waals surface area contributed by atoms with Gasteiger partial charge in [0.15, 0.2) is 0 Å². The number of aliphatic hydroxyl groups is 1. The van der Waals surface area contributed by atoms with Gasteiger partial charge in [0.1, 0.15) is 0 Å². The molecular weight excluding hydrogens is 226 g/mol. The molecule has 18 heavy (non-hydrogen) atoms. The maximum atomic E-state index is 12.3. The molecule has 0 aliphatic heterocycles. The van der Waals surface area contributed by atoms with E-state index in [-0.39, 0.29) is 18.1 Å². The predicted molar refractivity (Wildman–Crippen MR) is 73.8 cm³/mol. The number of rotatable bonds is 5. The third kappa shape index (κ3) is 3.33. The van der Waals surface area contributed by atoms with Crippen molar-refractivity contribution in [3.05, 3.63) is 34.9 Å². The third-order valence-electron chi connectivity index (χ3n) is 3.71. The summed E-state index contributed by atoms with van der Waals surface area (Å²) in [5, 5.41) is 12.1. The van der Waals surface area contributed by atoms with Crippen LogP contribution in [0.1, 0.15) is 48.2 Å². The van der Waals surface area contributed by atoms with Gasteiger partial charge in [-0.15, -0.1) is 0 Å². The minimum absolute atomic E-state index is 0.0611. The van der Waals surface area contributed by atoms with Crippen LogP contribution in [0.3, 0.4) is 0 Å². The molecule has 0 fully saturated rings. The van der Waals surface area contributed by atoms with Crippen molar-refractivity contribution in [3.63, 3.8) is 0 Å². The first kappa shape index (κ1) is 14.7. The highest BCUT2D eigenvalue weighted by molar-refractivity contribution is 5.96. The first-order valence-electron chi connectivity index (χ1n) is 6.43. The zero-order valence-corrected chi connectivity index (χ0v) is 11.7. The minimum Gasteiger partial charge on any atom is -0.396 e. The van der Waals surface area contributed by atoms with E-state index in [4.69, 9.17) is 5.11 Å². The van der Waals surface area contributed by atoms with Crippen LogP contribution < -0.4 is 5.32 Å². The number of benzene rings is 1. The first-order chi connectivity index (χ1) is 8.43. The number of aryl methyl sites for hydroxylation is 1. The van der Waals surface area contributed by atoms with Crippen molar-refractivity contribution in [1.29, 1.82) is 0 Å². The summed E-state index contributed by atoms with van der Waals surface area (Å²) in [6, 6.07) is 5.73. The summed E-state index contributed by atoms with van der Waals surface area (Å²) in [4.78, 5) is 12.3. The van der Waals surface area contributed by atoms with Gasteiger partial charge < -0.3 is 10.4 Å². The zero-order chi connectivity index (χ0) is 13.8. The van der Waals surface area contributed by atoms with E-state index in [2.05, 4.69) is 5.32 Å². The van der Waals surface area contributed by atoms with Crippen LogP contribution in [0.5, 0.6) is 0 Å². The maximum Gasteiger partial charge on any atom is 0.251 e. The van der Waals surface area contributed by atoms with Gasteiger partial charge in [0.05, 0.1) is 0 Å². The van der Waals surface area contributed by atoms with E-state index in [9.17, 15) is 4.79 Å². The molecule has 3 heteroatoms. The van der Waals surface area contributed by atoms with E-state index in [0.29, 0.717) is 12.0 Å². The summed E-state index contributed by atoms with van der Waals surface area (Å²) < 4.78 is 0. The molecule has 100 valence electrons. The molecule has 0 radical (unpaired) electrons. The van der Waals surface area contributed by atoms with Crippen LogP contribution in [-0.2, 0) is 0 Å². The smallest absolute Gasteiger partial charge is 0.251 e. The van der Waals surface area contributed by atoms with Gasteiger partial charge in [-0.25, -0.2) is 0 Å². The van der Waals surface area contributed by atoms with E-state index < -0.39 is 0 Å². The fraction of sp³-hybridized carbons (Fsp3) is 0.533. The highest BCUT2D eigenvalue weighted by Crippen LogP contribution is 2.17. The normalized spacial score (nSPS) is 14.1. The molecule has 1 amide bonds. The summed E-state index contributed by atoms with van der Waals surface area (Å²) in [6.45, 7) is 8.02. The van der Waals surface area contributed by atoms with Gasteiger partial charge >= 0.3 is 0 Å². The van der Waals surface area contributed by atoms with E-state index in [1.165, 1.54) is 0 Å². The summed E-state index contributed by atoms with van der Waals surface area (Å²) in [6.07, 6.45) is 1.37. The molecule has 3 nitrogen and oxygen atoms in total. The van der Waals surface area contributed by atoms with Gasteiger partial charge in [0.25, 0.3) is 5.91 Å². The second-order valence-corrected chi connectivity index (χ2v) is 5.09. The van der Waals surface area contributed by atoms with Crippen molar-refractivity contribution in [2.45, 2.75) is 46.1 Å². The number of carbonyl (C=O) groups is 1. The van der Waals surface area contributed by atoms with Crippen molar-refractivity contribution in [2.24, 2.45) is 0 Å². The lowest BCUT2D eigenvalue weighted by Gasteiger charge is -2.29. The lowest BCUT2D eigenvalue weighted by Crippen LogP contribution is -2.46. The Morgan fingerprint density at radius 3 is 2.61 bits per heavy atom. The van der Waals surface area contributed by atoms with Crippen LogP contribution >= 0.6 is 0 Å². The molecule has 0 aliphatic rings. The highest BCUT2D eigenvalue weighted by Gasteiger charge is 2.24. The average molecular weight is 249 g/mol. The molecule has 1 rings (SSSR count). The topological polar surface area (TPSA) is 49.3 Å². The van der Waals surface area contributed by atoms with Crippen molar-refractivity contribution in [2.75, 3.05) is 6.61 Å². The predicted octanol–water partition coefficient (Wildman–Crippen LogP) is 2.58. The Balaban J connectivity index is 2.91. The van der Waals surface area contributed by atoms with Crippen molar-refractivity contribution >= 4 is 5.91 Å². The first-order valence-corrected chi connectivity index (χ1v) is 6.43. The number of nitrogens with one attached hydrogen (secondary N) is 1. The van der Waals surface area contributed by atoms with Crippen LogP contribution in [0, 0.1) is 13.8 Å². The highest BCUT2D eigenvalue weighted by atomic mass is 16.3. The summed E-state index contributed by atoms with van der Waals surface area (Å²) in [5.74, 6) is -0.0611. The molecule has 0 saturated carbocycles. The summed E-state index contributed by atoms with van der Waals surface area (Å²) in [5.41, 5.74) is 2.50. The number of amides is 1. The largest absolute Gasteiger partial charge is 0.396 e.